The third-order valence-corrected chi connectivity index (χ3v) is 1.53. The highest BCUT2D eigenvalue weighted by molar-refractivity contribution is 4.47. The smallest absolute Gasteiger partial charge is 0.0704 e. The summed E-state index contributed by atoms with van der Waals surface area (Å²) in [4.78, 5) is 0. The summed E-state index contributed by atoms with van der Waals surface area (Å²) < 4.78 is 10.6. The van der Waals surface area contributed by atoms with E-state index in [0.29, 0.717) is 6.10 Å². The molecule has 0 aromatic rings. The van der Waals surface area contributed by atoms with Gasteiger partial charge in [-0.2, -0.15) is 0 Å². The van der Waals surface area contributed by atoms with Gasteiger partial charge in [-0.1, -0.05) is 13.3 Å². The van der Waals surface area contributed by atoms with Crippen molar-refractivity contribution in [3.8, 4) is 0 Å². The SMILES string of the molecule is CCCC(C)OCCOCC. The van der Waals surface area contributed by atoms with Crippen LogP contribution in [0.15, 0.2) is 0 Å². The van der Waals surface area contributed by atoms with Crippen LogP contribution in [0.2, 0.25) is 0 Å². The highest BCUT2D eigenvalue weighted by atomic mass is 16.5. The molecule has 0 heterocycles. The normalized spacial score (nSPS) is 13.4. The molecule has 1 atom stereocenters. The molecular formula is C9H20O2. The van der Waals surface area contributed by atoms with Gasteiger partial charge in [0, 0.05) is 6.61 Å². The largest absolute Gasteiger partial charge is 0.379 e. The van der Waals surface area contributed by atoms with E-state index in [1.165, 1.54) is 6.42 Å². The molecule has 0 rings (SSSR count). The second kappa shape index (κ2) is 8.02. The third kappa shape index (κ3) is 7.82. The van der Waals surface area contributed by atoms with Gasteiger partial charge in [-0.05, 0) is 20.3 Å². The van der Waals surface area contributed by atoms with Crippen LogP contribution in [0.25, 0.3) is 0 Å². The van der Waals surface area contributed by atoms with Gasteiger partial charge in [0.25, 0.3) is 0 Å². The predicted molar refractivity (Wildman–Crippen MR) is 46.8 cm³/mol. The highest BCUT2D eigenvalue weighted by Crippen LogP contribution is 1.99. The van der Waals surface area contributed by atoms with E-state index in [9.17, 15) is 0 Å². The fourth-order valence-electron chi connectivity index (χ4n) is 0.942. The summed E-state index contributed by atoms with van der Waals surface area (Å²) in [6, 6.07) is 0. The highest BCUT2D eigenvalue weighted by Gasteiger charge is 1.98. The Bertz CT molecular complexity index is 74.0. The van der Waals surface area contributed by atoms with E-state index >= 15 is 0 Å². The van der Waals surface area contributed by atoms with Crippen molar-refractivity contribution in [2.75, 3.05) is 19.8 Å². The maximum absolute atomic E-state index is 5.46. The third-order valence-electron chi connectivity index (χ3n) is 1.53. The van der Waals surface area contributed by atoms with E-state index in [0.717, 1.165) is 26.2 Å². The van der Waals surface area contributed by atoms with Crippen molar-refractivity contribution >= 4 is 0 Å². The standard InChI is InChI=1S/C9H20O2/c1-4-6-9(3)11-8-7-10-5-2/h9H,4-8H2,1-3H3. The second-order valence-corrected chi connectivity index (χ2v) is 2.67. The van der Waals surface area contributed by atoms with Gasteiger partial charge < -0.3 is 9.47 Å². The Morgan fingerprint density at radius 3 is 2.45 bits per heavy atom. The lowest BCUT2D eigenvalue weighted by Gasteiger charge is -2.11. The van der Waals surface area contributed by atoms with Crippen molar-refractivity contribution in [2.24, 2.45) is 0 Å². The molecule has 0 aromatic carbocycles. The summed E-state index contributed by atoms with van der Waals surface area (Å²) in [5, 5.41) is 0. The van der Waals surface area contributed by atoms with Crippen molar-refractivity contribution in [3.63, 3.8) is 0 Å². The number of rotatable bonds is 7. The van der Waals surface area contributed by atoms with Crippen LogP contribution < -0.4 is 0 Å². The van der Waals surface area contributed by atoms with E-state index in [4.69, 9.17) is 9.47 Å². The molecule has 0 fully saturated rings. The van der Waals surface area contributed by atoms with Crippen molar-refractivity contribution < 1.29 is 9.47 Å². The van der Waals surface area contributed by atoms with Crippen LogP contribution in [0.1, 0.15) is 33.6 Å². The quantitative estimate of drug-likeness (QED) is 0.532. The average Bonchev–Trinajstić information content (AvgIpc) is 1.99. The van der Waals surface area contributed by atoms with Crippen LogP contribution in [0.5, 0.6) is 0 Å². The molecule has 68 valence electrons. The second-order valence-electron chi connectivity index (χ2n) is 2.67. The van der Waals surface area contributed by atoms with Gasteiger partial charge in [0.15, 0.2) is 0 Å². The van der Waals surface area contributed by atoms with Crippen molar-refractivity contribution in [1.29, 1.82) is 0 Å². The Labute approximate surface area is 69.9 Å². The molecule has 2 nitrogen and oxygen atoms in total. The van der Waals surface area contributed by atoms with Crippen LogP contribution in [0, 0.1) is 0 Å². The zero-order chi connectivity index (χ0) is 8.53. The molecule has 0 saturated carbocycles. The van der Waals surface area contributed by atoms with E-state index in [-0.39, 0.29) is 0 Å². The zero-order valence-electron chi connectivity index (χ0n) is 7.93. The van der Waals surface area contributed by atoms with Crippen LogP contribution in [-0.2, 0) is 9.47 Å². The van der Waals surface area contributed by atoms with E-state index in [2.05, 4.69) is 13.8 Å². The average molecular weight is 160 g/mol. The molecule has 1 unspecified atom stereocenters. The molecule has 0 N–H and O–H groups in total. The van der Waals surface area contributed by atoms with Crippen LogP contribution >= 0.6 is 0 Å². The Morgan fingerprint density at radius 2 is 1.91 bits per heavy atom. The molecule has 0 radical (unpaired) electrons. The molecule has 0 aromatic heterocycles. The Hall–Kier alpha value is -0.0800. The van der Waals surface area contributed by atoms with Gasteiger partial charge in [0.2, 0.25) is 0 Å². The van der Waals surface area contributed by atoms with Crippen LogP contribution in [-0.4, -0.2) is 25.9 Å². The number of hydrogen-bond acceptors (Lipinski definition) is 2. The lowest BCUT2D eigenvalue weighted by atomic mass is 10.2. The molecular weight excluding hydrogens is 140 g/mol. The first-order valence-corrected chi connectivity index (χ1v) is 4.50. The van der Waals surface area contributed by atoms with Gasteiger partial charge in [0.1, 0.15) is 0 Å². The predicted octanol–water partition coefficient (Wildman–Crippen LogP) is 2.23. The van der Waals surface area contributed by atoms with Crippen LogP contribution in [0.3, 0.4) is 0 Å². The fourth-order valence-corrected chi connectivity index (χ4v) is 0.942. The van der Waals surface area contributed by atoms with Gasteiger partial charge in [-0.3, -0.25) is 0 Å². The van der Waals surface area contributed by atoms with Crippen molar-refractivity contribution in [2.45, 2.75) is 39.7 Å². The molecule has 0 bridgehead atoms. The molecule has 0 aliphatic carbocycles. The van der Waals surface area contributed by atoms with Crippen molar-refractivity contribution in [3.05, 3.63) is 0 Å². The van der Waals surface area contributed by atoms with Crippen LogP contribution in [0.4, 0.5) is 0 Å². The van der Waals surface area contributed by atoms with E-state index in [1.807, 2.05) is 6.92 Å². The molecule has 0 aliphatic heterocycles. The number of hydrogen-bond donors (Lipinski definition) is 0. The topological polar surface area (TPSA) is 18.5 Å². The first-order valence-electron chi connectivity index (χ1n) is 4.50. The summed E-state index contributed by atoms with van der Waals surface area (Å²) in [5.74, 6) is 0. The maximum atomic E-state index is 5.46. The summed E-state index contributed by atoms with van der Waals surface area (Å²) >= 11 is 0. The summed E-state index contributed by atoms with van der Waals surface area (Å²) in [6.45, 7) is 8.51. The minimum Gasteiger partial charge on any atom is -0.379 e. The van der Waals surface area contributed by atoms with E-state index in [1.54, 1.807) is 0 Å². The Kier molecular flexibility index (Phi) is 7.96. The van der Waals surface area contributed by atoms with Gasteiger partial charge in [-0.15, -0.1) is 0 Å². The van der Waals surface area contributed by atoms with Gasteiger partial charge in [0.05, 0.1) is 19.3 Å². The first kappa shape index (κ1) is 10.9. The Morgan fingerprint density at radius 1 is 1.18 bits per heavy atom. The monoisotopic (exact) mass is 160 g/mol. The molecule has 2 heteroatoms. The van der Waals surface area contributed by atoms with Gasteiger partial charge >= 0.3 is 0 Å². The Balaban J connectivity index is 2.97. The molecule has 0 spiro atoms. The molecule has 0 amide bonds. The fraction of sp³-hybridized carbons (Fsp3) is 1.00. The molecule has 11 heavy (non-hydrogen) atoms. The zero-order valence-corrected chi connectivity index (χ0v) is 7.93. The summed E-state index contributed by atoms with van der Waals surface area (Å²) in [7, 11) is 0. The lowest BCUT2D eigenvalue weighted by molar-refractivity contribution is 0.0120. The molecule has 0 saturated heterocycles. The van der Waals surface area contributed by atoms with E-state index < -0.39 is 0 Å². The molecule has 0 aliphatic rings. The maximum Gasteiger partial charge on any atom is 0.0704 e. The summed E-state index contributed by atoms with van der Waals surface area (Å²) in [5.41, 5.74) is 0. The summed E-state index contributed by atoms with van der Waals surface area (Å²) in [6.07, 6.45) is 2.72. The van der Waals surface area contributed by atoms with Gasteiger partial charge in [-0.25, -0.2) is 0 Å². The minimum atomic E-state index is 0.389. The first-order chi connectivity index (χ1) is 5.31. The lowest BCUT2D eigenvalue weighted by Crippen LogP contribution is -2.12. The number of ether oxygens (including phenoxy) is 2. The van der Waals surface area contributed by atoms with Crippen molar-refractivity contribution in [1.82, 2.24) is 0 Å². The minimum absolute atomic E-state index is 0.389.